The van der Waals surface area contributed by atoms with Gasteiger partial charge in [-0.2, -0.15) is 0 Å². The molecule has 0 fully saturated rings. The average Bonchev–Trinajstić information content (AvgIpc) is 2.92. The summed E-state index contributed by atoms with van der Waals surface area (Å²) in [6.07, 6.45) is 2.49. The molecule has 2 aromatic rings. The Labute approximate surface area is 118 Å². The molecule has 106 valence electrons. The second kappa shape index (κ2) is 6.23. The maximum atomic E-state index is 12.0. The summed E-state index contributed by atoms with van der Waals surface area (Å²) in [7, 11) is 1.86. The Morgan fingerprint density at radius 1 is 1.40 bits per heavy atom. The van der Waals surface area contributed by atoms with E-state index < -0.39 is 0 Å². The molecule has 2 rings (SSSR count). The molecular weight excluding hydrogens is 254 g/mol. The lowest BCUT2D eigenvalue weighted by Gasteiger charge is -2.08. The van der Waals surface area contributed by atoms with Gasteiger partial charge in [0.2, 0.25) is 5.89 Å². The van der Waals surface area contributed by atoms with E-state index in [0.717, 1.165) is 23.4 Å². The van der Waals surface area contributed by atoms with Crippen LogP contribution in [0.4, 0.5) is 5.69 Å². The fraction of sp³-hybridized carbons (Fsp3) is 0.333. The topological polar surface area (TPSA) is 67.2 Å². The van der Waals surface area contributed by atoms with Crippen LogP contribution in [0.2, 0.25) is 0 Å². The largest absolute Gasteiger partial charge is 0.444 e. The number of aryl methyl sites for hydroxylation is 2. The first-order chi connectivity index (χ1) is 9.63. The molecule has 1 amide bonds. The van der Waals surface area contributed by atoms with Gasteiger partial charge in [-0.05, 0) is 30.7 Å². The number of amides is 1. The minimum Gasteiger partial charge on any atom is -0.444 e. The second-order valence-corrected chi connectivity index (χ2v) is 4.54. The van der Waals surface area contributed by atoms with Gasteiger partial charge in [0.25, 0.3) is 5.91 Å². The lowest BCUT2D eigenvalue weighted by Crippen LogP contribution is -2.23. The van der Waals surface area contributed by atoms with Crippen LogP contribution in [0, 0.1) is 6.92 Å². The van der Waals surface area contributed by atoms with Crippen LogP contribution in [0.5, 0.6) is 0 Å². The molecule has 5 nitrogen and oxygen atoms in total. The number of nitrogens with one attached hydrogen (secondary N) is 2. The van der Waals surface area contributed by atoms with Gasteiger partial charge in [-0.25, -0.2) is 4.98 Å². The number of hydrogen-bond acceptors (Lipinski definition) is 4. The van der Waals surface area contributed by atoms with Gasteiger partial charge in [0, 0.05) is 24.7 Å². The molecule has 0 aliphatic heterocycles. The number of oxazole rings is 1. The molecule has 0 spiro atoms. The smallest absolute Gasteiger partial charge is 0.251 e. The first-order valence-corrected chi connectivity index (χ1v) is 6.64. The molecule has 0 aliphatic rings. The zero-order valence-corrected chi connectivity index (χ0v) is 12.0. The average molecular weight is 273 g/mol. The first-order valence-electron chi connectivity index (χ1n) is 6.64. The Kier molecular flexibility index (Phi) is 4.40. The van der Waals surface area contributed by atoms with Gasteiger partial charge in [-0.1, -0.05) is 6.92 Å². The molecular formula is C15H19N3O2. The Bertz CT molecular complexity index is 605. The summed E-state index contributed by atoms with van der Waals surface area (Å²) >= 11 is 0. The number of aromatic nitrogens is 1. The molecule has 20 heavy (non-hydrogen) atoms. The highest BCUT2D eigenvalue weighted by atomic mass is 16.4. The van der Waals surface area contributed by atoms with Crippen molar-refractivity contribution in [3.8, 4) is 0 Å². The van der Waals surface area contributed by atoms with Crippen molar-refractivity contribution in [1.29, 1.82) is 0 Å². The maximum absolute atomic E-state index is 12.0. The van der Waals surface area contributed by atoms with Crippen molar-refractivity contribution in [3.63, 3.8) is 0 Å². The number of anilines is 1. The molecule has 0 unspecified atom stereocenters. The summed E-state index contributed by atoms with van der Waals surface area (Å²) < 4.78 is 5.44. The molecule has 0 radical (unpaired) electrons. The zero-order valence-electron chi connectivity index (χ0n) is 12.0. The molecule has 2 N–H and O–H groups in total. The van der Waals surface area contributed by atoms with Crippen LogP contribution in [-0.4, -0.2) is 17.9 Å². The summed E-state index contributed by atoms with van der Waals surface area (Å²) in [4.78, 5) is 16.2. The molecule has 0 atom stereocenters. The van der Waals surface area contributed by atoms with Crippen LogP contribution in [0.25, 0.3) is 0 Å². The molecule has 1 aromatic carbocycles. The zero-order chi connectivity index (χ0) is 14.5. The van der Waals surface area contributed by atoms with Gasteiger partial charge in [-0.3, -0.25) is 4.79 Å². The van der Waals surface area contributed by atoms with Crippen molar-refractivity contribution < 1.29 is 9.21 Å². The van der Waals surface area contributed by atoms with E-state index in [0.29, 0.717) is 18.0 Å². The van der Waals surface area contributed by atoms with E-state index in [-0.39, 0.29) is 5.91 Å². The number of carbonyl (C=O) groups excluding carboxylic acids is 1. The SMILES string of the molecule is CCc1cnc(CNC(=O)c2ccc(NC)c(C)c2)o1. The van der Waals surface area contributed by atoms with E-state index in [1.54, 1.807) is 12.3 Å². The molecule has 1 heterocycles. The third kappa shape index (κ3) is 3.17. The van der Waals surface area contributed by atoms with Gasteiger partial charge in [0.05, 0.1) is 12.7 Å². The predicted octanol–water partition coefficient (Wildman–Crippen LogP) is 2.52. The Morgan fingerprint density at radius 3 is 2.80 bits per heavy atom. The summed E-state index contributed by atoms with van der Waals surface area (Å²) in [5.74, 6) is 1.22. The van der Waals surface area contributed by atoms with Crippen molar-refractivity contribution in [2.75, 3.05) is 12.4 Å². The van der Waals surface area contributed by atoms with E-state index >= 15 is 0 Å². The third-order valence-corrected chi connectivity index (χ3v) is 3.11. The fourth-order valence-electron chi connectivity index (χ4n) is 1.94. The minimum atomic E-state index is -0.132. The van der Waals surface area contributed by atoms with Crippen LogP contribution >= 0.6 is 0 Å². The summed E-state index contributed by atoms with van der Waals surface area (Å²) in [5, 5.41) is 5.87. The maximum Gasteiger partial charge on any atom is 0.251 e. The fourth-order valence-corrected chi connectivity index (χ4v) is 1.94. The second-order valence-electron chi connectivity index (χ2n) is 4.54. The number of benzene rings is 1. The summed E-state index contributed by atoms with van der Waals surface area (Å²) in [6.45, 7) is 4.25. The van der Waals surface area contributed by atoms with E-state index in [2.05, 4.69) is 15.6 Å². The van der Waals surface area contributed by atoms with Gasteiger partial charge in [0.1, 0.15) is 5.76 Å². The van der Waals surface area contributed by atoms with Crippen molar-refractivity contribution in [2.24, 2.45) is 0 Å². The van der Waals surface area contributed by atoms with E-state index in [1.807, 2.05) is 33.0 Å². The van der Waals surface area contributed by atoms with E-state index in [9.17, 15) is 4.79 Å². The first kappa shape index (κ1) is 14.1. The Hall–Kier alpha value is -2.30. The van der Waals surface area contributed by atoms with Gasteiger partial charge in [-0.15, -0.1) is 0 Å². The highest BCUT2D eigenvalue weighted by molar-refractivity contribution is 5.94. The van der Waals surface area contributed by atoms with Gasteiger partial charge in [0.15, 0.2) is 0 Å². The molecule has 0 saturated carbocycles. The lowest BCUT2D eigenvalue weighted by atomic mass is 10.1. The molecule has 1 aromatic heterocycles. The number of hydrogen-bond donors (Lipinski definition) is 2. The van der Waals surface area contributed by atoms with Crippen molar-refractivity contribution in [3.05, 3.63) is 47.2 Å². The number of rotatable bonds is 5. The van der Waals surface area contributed by atoms with Crippen LogP contribution in [0.1, 0.15) is 34.5 Å². The Morgan fingerprint density at radius 2 is 2.20 bits per heavy atom. The minimum absolute atomic E-state index is 0.132. The standard InChI is InChI=1S/C15H19N3O2/c1-4-12-8-17-14(20-12)9-18-15(19)11-5-6-13(16-3)10(2)7-11/h5-8,16H,4,9H2,1-3H3,(H,18,19). The van der Waals surface area contributed by atoms with Gasteiger partial charge >= 0.3 is 0 Å². The third-order valence-electron chi connectivity index (χ3n) is 3.11. The molecule has 0 saturated heterocycles. The quantitative estimate of drug-likeness (QED) is 0.878. The van der Waals surface area contributed by atoms with Crippen LogP contribution in [0.3, 0.4) is 0 Å². The van der Waals surface area contributed by atoms with Crippen LogP contribution < -0.4 is 10.6 Å². The van der Waals surface area contributed by atoms with E-state index in [1.165, 1.54) is 0 Å². The summed E-state index contributed by atoms with van der Waals surface area (Å²) in [6, 6.07) is 5.54. The molecule has 5 heteroatoms. The number of nitrogens with zero attached hydrogens (tertiary/aromatic N) is 1. The number of carbonyl (C=O) groups is 1. The molecule has 0 bridgehead atoms. The Balaban J connectivity index is 1.99. The highest BCUT2D eigenvalue weighted by Crippen LogP contribution is 2.15. The van der Waals surface area contributed by atoms with Crippen molar-refractivity contribution in [2.45, 2.75) is 26.8 Å². The predicted molar refractivity (Wildman–Crippen MR) is 77.8 cm³/mol. The van der Waals surface area contributed by atoms with Gasteiger partial charge < -0.3 is 15.1 Å². The normalized spacial score (nSPS) is 10.3. The van der Waals surface area contributed by atoms with Crippen molar-refractivity contribution in [1.82, 2.24) is 10.3 Å². The van der Waals surface area contributed by atoms with Crippen molar-refractivity contribution >= 4 is 11.6 Å². The summed E-state index contributed by atoms with van der Waals surface area (Å²) in [5.41, 5.74) is 2.68. The lowest BCUT2D eigenvalue weighted by molar-refractivity contribution is 0.0947. The monoisotopic (exact) mass is 273 g/mol. The van der Waals surface area contributed by atoms with Crippen LogP contribution in [0.15, 0.2) is 28.8 Å². The van der Waals surface area contributed by atoms with E-state index in [4.69, 9.17) is 4.42 Å². The highest BCUT2D eigenvalue weighted by Gasteiger charge is 2.09. The molecule has 0 aliphatic carbocycles. The van der Waals surface area contributed by atoms with Crippen LogP contribution in [-0.2, 0) is 13.0 Å².